The molecule has 1 unspecified atom stereocenters. The van der Waals surface area contributed by atoms with Gasteiger partial charge in [0.1, 0.15) is 0 Å². The first kappa shape index (κ1) is 19.1. The molecular weight excluding hydrogens is 366 g/mol. The summed E-state index contributed by atoms with van der Waals surface area (Å²) in [6.07, 6.45) is -0.232. The molecule has 0 amide bonds. The summed E-state index contributed by atoms with van der Waals surface area (Å²) < 4.78 is 10.4. The summed E-state index contributed by atoms with van der Waals surface area (Å²) in [4.78, 5) is 30.0. The van der Waals surface area contributed by atoms with Crippen LogP contribution in [0, 0.1) is 0 Å². The second-order valence-electron chi connectivity index (χ2n) is 6.08. The van der Waals surface area contributed by atoms with Gasteiger partial charge in [0.15, 0.2) is 5.54 Å². The van der Waals surface area contributed by atoms with Crippen LogP contribution in [0.5, 0.6) is 0 Å². The fourth-order valence-electron chi connectivity index (χ4n) is 3.23. The van der Waals surface area contributed by atoms with E-state index >= 15 is 0 Å². The Kier molecular flexibility index (Phi) is 5.61. The molecule has 0 spiro atoms. The highest BCUT2D eigenvalue weighted by Gasteiger charge is 2.50. The molecule has 2 aromatic carbocycles. The van der Waals surface area contributed by atoms with E-state index in [9.17, 15) is 9.59 Å². The predicted molar refractivity (Wildman–Crippen MR) is 103 cm³/mol. The first-order valence-electron chi connectivity index (χ1n) is 8.80. The van der Waals surface area contributed by atoms with Crippen LogP contribution in [0.3, 0.4) is 0 Å². The first-order chi connectivity index (χ1) is 13.0. The topological polar surface area (TPSA) is 65.0 Å². The SMILES string of the molecule is CCOC(=O)CC1(C(=O)OCC)N=C(c2ccccc2)c2cc(Cl)ccc21. The molecule has 0 radical (unpaired) electrons. The third-order valence-corrected chi connectivity index (χ3v) is 4.59. The number of nitrogens with zero attached hydrogens (tertiary/aromatic N) is 1. The van der Waals surface area contributed by atoms with Gasteiger partial charge in [-0.25, -0.2) is 4.79 Å². The van der Waals surface area contributed by atoms with Crippen molar-refractivity contribution in [2.75, 3.05) is 13.2 Å². The van der Waals surface area contributed by atoms with Crippen molar-refractivity contribution in [3.8, 4) is 0 Å². The quantitative estimate of drug-likeness (QED) is 0.707. The Bertz CT molecular complexity index is 894. The molecule has 27 heavy (non-hydrogen) atoms. The average molecular weight is 386 g/mol. The summed E-state index contributed by atoms with van der Waals surface area (Å²) in [5, 5.41) is 0.521. The van der Waals surface area contributed by atoms with Crippen molar-refractivity contribution in [3.05, 3.63) is 70.2 Å². The molecule has 1 heterocycles. The minimum Gasteiger partial charge on any atom is -0.466 e. The number of fused-ring (bicyclic) bond motifs is 1. The van der Waals surface area contributed by atoms with Gasteiger partial charge in [-0.3, -0.25) is 9.79 Å². The molecule has 140 valence electrons. The summed E-state index contributed by atoms with van der Waals surface area (Å²) >= 11 is 6.20. The molecule has 0 N–H and O–H groups in total. The van der Waals surface area contributed by atoms with Gasteiger partial charge in [0.05, 0.1) is 25.3 Å². The Morgan fingerprint density at radius 1 is 1.04 bits per heavy atom. The third-order valence-electron chi connectivity index (χ3n) is 4.35. The van der Waals surface area contributed by atoms with E-state index in [2.05, 4.69) is 0 Å². The Hall–Kier alpha value is -2.66. The Labute approximate surface area is 163 Å². The molecule has 2 aromatic rings. The average Bonchev–Trinajstić information content (AvgIpc) is 2.97. The van der Waals surface area contributed by atoms with E-state index < -0.39 is 17.5 Å². The van der Waals surface area contributed by atoms with Crippen molar-refractivity contribution in [1.82, 2.24) is 0 Å². The van der Waals surface area contributed by atoms with E-state index in [1.807, 2.05) is 30.3 Å². The van der Waals surface area contributed by atoms with Crippen LogP contribution < -0.4 is 0 Å². The number of benzene rings is 2. The summed E-state index contributed by atoms with van der Waals surface area (Å²) in [7, 11) is 0. The number of aliphatic imine (C=N–C) groups is 1. The maximum atomic E-state index is 13.0. The standard InChI is InChI=1S/C21H20ClNO4/c1-3-26-18(24)13-21(20(25)27-4-2)17-11-10-15(22)12-16(17)19(23-21)14-8-6-5-7-9-14/h5-12H,3-4,13H2,1-2H3. The van der Waals surface area contributed by atoms with Crippen LogP contribution in [-0.2, 0) is 24.6 Å². The summed E-state index contributed by atoms with van der Waals surface area (Å²) in [5.74, 6) is -1.09. The smallest absolute Gasteiger partial charge is 0.339 e. The first-order valence-corrected chi connectivity index (χ1v) is 9.18. The number of carbonyl (C=O) groups is 2. The molecule has 0 aromatic heterocycles. The predicted octanol–water partition coefficient (Wildman–Crippen LogP) is 3.90. The highest BCUT2D eigenvalue weighted by molar-refractivity contribution is 6.31. The van der Waals surface area contributed by atoms with E-state index in [4.69, 9.17) is 26.1 Å². The van der Waals surface area contributed by atoms with Gasteiger partial charge in [-0.1, -0.05) is 48.0 Å². The lowest BCUT2D eigenvalue weighted by molar-refractivity contribution is -0.156. The fraction of sp³-hybridized carbons (Fsp3) is 0.286. The van der Waals surface area contributed by atoms with Gasteiger partial charge in [-0.2, -0.15) is 0 Å². The van der Waals surface area contributed by atoms with Gasteiger partial charge >= 0.3 is 11.9 Å². The van der Waals surface area contributed by atoms with Gasteiger partial charge < -0.3 is 9.47 Å². The molecule has 0 saturated heterocycles. The highest BCUT2D eigenvalue weighted by Crippen LogP contribution is 2.42. The number of rotatable bonds is 6. The molecule has 5 nitrogen and oxygen atoms in total. The molecule has 1 aliphatic heterocycles. The number of halogens is 1. The van der Waals surface area contributed by atoms with Crippen LogP contribution in [0.25, 0.3) is 0 Å². The fourth-order valence-corrected chi connectivity index (χ4v) is 3.41. The number of hydrogen-bond donors (Lipinski definition) is 0. The summed E-state index contributed by atoms with van der Waals surface area (Å²) in [6, 6.07) is 14.6. The van der Waals surface area contributed by atoms with Crippen LogP contribution in [0.2, 0.25) is 5.02 Å². The van der Waals surface area contributed by atoms with Gasteiger partial charge in [0.2, 0.25) is 0 Å². The minimum absolute atomic E-state index is 0.183. The van der Waals surface area contributed by atoms with Crippen LogP contribution in [-0.4, -0.2) is 30.9 Å². The normalized spacial score (nSPS) is 17.8. The Morgan fingerprint density at radius 2 is 1.74 bits per heavy atom. The van der Waals surface area contributed by atoms with Crippen LogP contribution in [0.4, 0.5) is 0 Å². The van der Waals surface area contributed by atoms with Gasteiger partial charge in [0, 0.05) is 21.7 Å². The minimum atomic E-state index is -1.48. The van der Waals surface area contributed by atoms with E-state index in [0.717, 1.165) is 5.56 Å². The lowest BCUT2D eigenvalue weighted by atomic mass is 9.86. The second kappa shape index (κ2) is 7.92. The van der Waals surface area contributed by atoms with Crippen molar-refractivity contribution >= 4 is 29.3 Å². The highest BCUT2D eigenvalue weighted by atomic mass is 35.5. The largest absolute Gasteiger partial charge is 0.466 e. The molecule has 3 rings (SSSR count). The van der Waals surface area contributed by atoms with Crippen molar-refractivity contribution in [2.45, 2.75) is 25.8 Å². The van der Waals surface area contributed by atoms with Crippen molar-refractivity contribution in [1.29, 1.82) is 0 Å². The van der Waals surface area contributed by atoms with E-state index in [1.54, 1.807) is 32.0 Å². The maximum Gasteiger partial charge on any atom is 0.339 e. The second-order valence-corrected chi connectivity index (χ2v) is 6.52. The van der Waals surface area contributed by atoms with Gasteiger partial charge in [0.25, 0.3) is 0 Å². The number of carbonyl (C=O) groups excluding carboxylic acids is 2. The number of esters is 2. The van der Waals surface area contributed by atoms with Crippen molar-refractivity contribution in [2.24, 2.45) is 4.99 Å². The van der Waals surface area contributed by atoms with Crippen LogP contribution in [0.15, 0.2) is 53.5 Å². The van der Waals surface area contributed by atoms with E-state index in [1.165, 1.54) is 0 Å². The summed E-state index contributed by atoms with van der Waals surface area (Å²) in [5.41, 5.74) is 1.26. The molecule has 6 heteroatoms. The van der Waals surface area contributed by atoms with E-state index in [-0.39, 0.29) is 19.6 Å². The number of hydrogen-bond acceptors (Lipinski definition) is 5. The molecule has 0 fully saturated rings. The maximum absolute atomic E-state index is 13.0. The van der Waals surface area contributed by atoms with Gasteiger partial charge in [-0.05, 0) is 26.0 Å². The van der Waals surface area contributed by atoms with Crippen molar-refractivity contribution < 1.29 is 19.1 Å². The third kappa shape index (κ3) is 3.60. The zero-order valence-electron chi connectivity index (χ0n) is 15.2. The molecule has 0 aliphatic carbocycles. The summed E-state index contributed by atoms with van der Waals surface area (Å²) in [6.45, 7) is 3.84. The monoisotopic (exact) mass is 385 g/mol. The number of ether oxygens (including phenoxy) is 2. The molecule has 1 aliphatic rings. The Morgan fingerprint density at radius 3 is 2.41 bits per heavy atom. The van der Waals surface area contributed by atoms with Crippen LogP contribution >= 0.6 is 11.6 Å². The van der Waals surface area contributed by atoms with Crippen LogP contribution in [0.1, 0.15) is 37.0 Å². The van der Waals surface area contributed by atoms with Gasteiger partial charge in [-0.15, -0.1) is 0 Å². The molecule has 1 atom stereocenters. The molecular formula is C21H20ClNO4. The lowest BCUT2D eigenvalue weighted by Gasteiger charge is -2.24. The van der Waals surface area contributed by atoms with E-state index in [0.29, 0.717) is 21.9 Å². The molecule has 0 saturated carbocycles. The lowest BCUT2D eigenvalue weighted by Crippen LogP contribution is -2.37. The zero-order valence-corrected chi connectivity index (χ0v) is 16.0. The zero-order chi connectivity index (χ0) is 19.4. The molecule has 0 bridgehead atoms. The van der Waals surface area contributed by atoms with Crippen molar-refractivity contribution in [3.63, 3.8) is 0 Å². The Balaban J connectivity index is 2.21.